The van der Waals surface area contributed by atoms with Gasteiger partial charge in [0.05, 0.1) is 24.2 Å². The minimum absolute atomic E-state index is 0.120. The first-order chi connectivity index (χ1) is 7.00. The topological polar surface area (TPSA) is 84.1 Å². The van der Waals surface area contributed by atoms with E-state index >= 15 is 0 Å². The van der Waals surface area contributed by atoms with E-state index in [9.17, 15) is 5.11 Å². The predicted molar refractivity (Wildman–Crippen MR) is 58.3 cm³/mol. The minimum Gasteiger partial charge on any atom is -0.396 e. The number of nitrogen functional groups attached to an aromatic ring is 1. The van der Waals surface area contributed by atoms with Crippen molar-refractivity contribution in [1.29, 1.82) is 0 Å². The summed E-state index contributed by atoms with van der Waals surface area (Å²) < 4.78 is 0. The van der Waals surface area contributed by atoms with Gasteiger partial charge in [-0.15, -0.1) is 0 Å². The van der Waals surface area contributed by atoms with E-state index in [1.807, 2.05) is 13.8 Å². The van der Waals surface area contributed by atoms with E-state index in [1.54, 1.807) is 12.4 Å². The fourth-order valence-corrected chi connectivity index (χ4v) is 1.72. The summed E-state index contributed by atoms with van der Waals surface area (Å²) in [6.07, 6.45) is 3.62. The van der Waals surface area contributed by atoms with Crippen LogP contribution in [-0.4, -0.2) is 27.2 Å². The van der Waals surface area contributed by atoms with Gasteiger partial charge in [0, 0.05) is 11.5 Å². The van der Waals surface area contributed by atoms with Crippen LogP contribution in [0.1, 0.15) is 20.3 Å². The van der Waals surface area contributed by atoms with Crippen molar-refractivity contribution in [3.05, 3.63) is 12.4 Å². The second-order valence-corrected chi connectivity index (χ2v) is 4.61. The van der Waals surface area contributed by atoms with Crippen molar-refractivity contribution in [2.24, 2.45) is 5.41 Å². The molecule has 2 atom stereocenters. The third-order valence-electron chi connectivity index (χ3n) is 3.19. The molecule has 0 radical (unpaired) electrons. The van der Waals surface area contributed by atoms with E-state index in [-0.39, 0.29) is 17.6 Å². The standard InChI is InChI=1S/C10H16N4O/c1-10(2)7(3-8(10)15)14-9-12-4-6(11)5-13-9/h4-5,7-8,15H,3,11H2,1-2H3,(H,12,13,14). The van der Waals surface area contributed by atoms with Gasteiger partial charge in [-0.1, -0.05) is 13.8 Å². The van der Waals surface area contributed by atoms with E-state index in [0.29, 0.717) is 11.6 Å². The van der Waals surface area contributed by atoms with Crippen molar-refractivity contribution in [1.82, 2.24) is 9.97 Å². The summed E-state index contributed by atoms with van der Waals surface area (Å²) in [6.45, 7) is 4.05. The van der Waals surface area contributed by atoms with Crippen LogP contribution in [0.5, 0.6) is 0 Å². The maximum absolute atomic E-state index is 9.57. The van der Waals surface area contributed by atoms with Crippen molar-refractivity contribution in [3.8, 4) is 0 Å². The van der Waals surface area contributed by atoms with Crippen molar-refractivity contribution in [2.75, 3.05) is 11.1 Å². The third kappa shape index (κ3) is 1.74. The number of aromatic nitrogens is 2. The number of aliphatic hydroxyl groups is 1. The molecule has 1 heterocycles. The zero-order chi connectivity index (χ0) is 11.1. The number of nitrogens with two attached hydrogens (primary N) is 1. The third-order valence-corrected chi connectivity index (χ3v) is 3.19. The molecular weight excluding hydrogens is 192 g/mol. The lowest BCUT2D eigenvalue weighted by Gasteiger charge is -2.49. The molecule has 0 spiro atoms. The highest BCUT2D eigenvalue weighted by atomic mass is 16.3. The highest BCUT2D eigenvalue weighted by Crippen LogP contribution is 2.41. The van der Waals surface area contributed by atoms with Gasteiger partial charge < -0.3 is 16.2 Å². The highest BCUT2D eigenvalue weighted by Gasteiger charge is 2.47. The monoisotopic (exact) mass is 208 g/mol. The molecule has 2 unspecified atom stereocenters. The number of anilines is 2. The maximum atomic E-state index is 9.57. The van der Waals surface area contributed by atoms with Gasteiger partial charge >= 0.3 is 0 Å². The minimum atomic E-state index is -0.246. The Hall–Kier alpha value is -1.36. The van der Waals surface area contributed by atoms with Crippen LogP contribution in [0, 0.1) is 5.41 Å². The Morgan fingerprint density at radius 1 is 1.47 bits per heavy atom. The lowest BCUT2D eigenvalue weighted by atomic mass is 9.65. The first-order valence-electron chi connectivity index (χ1n) is 5.02. The lowest BCUT2D eigenvalue weighted by molar-refractivity contribution is -0.0512. The first kappa shape index (κ1) is 10.2. The number of rotatable bonds is 2. The molecule has 1 aliphatic rings. The Morgan fingerprint density at radius 3 is 2.53 bits per heavy atom. The van der Waals surface area contributed by atoms with Crippen molar-refractivity contribution in [2.45, 2.75) is 32.4 Å². The molecule has 82 valence electrons. The number of nitrogens with one attached hydrogen (secondary N) is 1. The van der Waals surface area contributed by atoms with Crippen LogP contribution < -0.4 is 11.1 Å². The van der Waals surface area contributed by atoms with Crippen LogP contribution in [0.4, 0.5) is 11.6 Å². The molecule has 15 heavy (non-hydrogen) atoms. The number of nitrogens with zero attached hydrogens (tertiary/aromatic N) is 2. The number of hydrogen-bond donors (Lipinski definition) is 3. The quantitative estimate of drug-likeness (QED) is 0.664. The molecule has 0 aromatic carbocycles. The van der Waals surface area contributed by atoms with E-state index in [1.165, 1.54) is 0 Å². The smallest absolute Gasteiger partial charge is 0.222 e. The second-order valence-electron chi connectivity index (χ2n) is 4.61. The van der Waals surface area contributed by atoms with Crippen LogP contribution in [0.3, 0.4) is 0 Å². The fraction of sp³-hybridized carbons (Fsp3) is 0.600. The average Bonchev–Trinajstić information content (AvgIpc) is 2.21. The molecule has 0 saturated heterocycles. The van der Waals surface area contributed by atoms with E-state index < -0.39 is 0 Å². The molecular formula is C10H16N4O. The Morgan fingerprint density at radius 2 is 2.07 bits per heavy atom. The van der Waals surface area contributed by atoms with E-state index in [2.05, 4.69) is 15.3 Å². The van der Waals surface area contributed by atoms with Gasteiger partial charge in [0.25, 0.3) is 0 Å². The molecule has 2 rings (SSSR count). The summed E-state index contributed by atoms with van der Waals surface area (Å²) in [5.74, 6) is 0.564. The molecule has 0 amide bonds. The Labute approximate surface area is 88.7 Å². The van der Waals surface area contributed by atoms with E-state index in [4.69, 9.17) is 5.73 Å². The Balaban J connectivity index is 2.02. The lowest BCUT2D eigenvalue weighted by Crippen LogP contribution is -2.57. The molecule has 5 nitrogen and oxygen atoms in total. The van der Waals surface area contributed by atoms with Gasteiger partial charge in [-0.2, -0.15) is 0 Å². The number of hydrogen-bond acceptors (Lipinski definition) is 5. The SMILES string of the molecule is CC1(C)C(O)CC1Nc1ncc(N)cn1. The molecule has 1 aliphatic carbocycles. The second kappa shape index (κ2) is 3.34. The fourth-order valence-electron chi connectivity index (χ4n) is 1.72. The van der Waals surface area contributed by atoms with Crippen molar-refractivity contribution < 1.29 is 5.11 Å². The molecule has 1 fully saturated rings. The Bertz CT molecular complexity index is 349. The van der Waals surface area contributed by atoms with Crippen molar-refractivity contribution >= 4 is 11.6 Å². The Kier molecular flexibility index (Phi) is 2.26. The molecule has 1 aromatic rings. The summed E-state index contributed by atoms with van der Waals surface area (Å²) in [5.41, 5.74) is 5.92. The van der Waals surface area contributed by atoms with Gasteiger partial charge in [-0.25, -0.2) is 9.97 Å². The summed E-state index contributed by atoms with van der Waals surface area (Å²) in [4.78, 5) is 8.12. The van der Waals surface area contributed by atoms with Gasteiger partial charge in [-0.3, -0.25) is 0 Å². The van der Waals surface area contributed by atoms with Crippen LogP contribution in [0.15, 0.2) is 12.4 Å². The van der Waals surface area contributed by atoms with Gasteiger partial charge in [-0.05, 0) is 6.42 Å². The van der Waals surface area contributed by atoms with Crippen LogP contribution in [-0.2, 0) is 0 Å². The zero-order valence-electron chi connectivity index (χ0n) is 8.94. The van der Waals surface area contributed by atoms with Crippen LogP contribution >= 0.6 is 0 Å². The molecule has 1 aromatic heterocycles. The summed E-state index contributed by atoms with van der Waals surface area (Å²) >= 11 is 0. The van der Waals surface area contributed by atoms with Gasteiger partial charge in [0.2, 0.25) is 5.95 Å². The highest BCUT2D eigenvalue weighted by molar-refractivity contribution is 5.37. The van der Waals surface area contributed by atoms with E-state index in [0.717, 1.165) is 6.42 Å². The average molecular weight is 208 g/mol. The molecule has 0 bridgehead atoms. The van der Waals surface area contributed by atoms with Gasteiger partial charge in [0.15, 0.2) is 0 Å². The van der Waals surface area contributed by atoms with Gasteiger partial charge in [0.1, 0.15) is 0 Å². The van der Waals surface area contributed by atoms with Crippen molar-refractivity contribution in [3.63, 3.8) is 0 Å². The zero-order valence-corrected chi connectivity index (χ0v) is 8.94. The normalized spacial score (nSPS) is 28.2. The molecule has 5 heteroatoms. The molecule has 4 N–H and O–H groups in total. The summed E-state index contributed by atoms with van der Waals surface area (Å²) in [7, 11) is 0. The molecule has 0 aliphatic heterocycles. The molecule has 1 saturated carbocycles. The van der Waals surface area contributed by atoms with Crippen LogP contribution in [0.25, 0.3) is 0 Å². The van der Waals surface area contributed by atoms with Crippen LogP contribution in [0.2, 0.25) is 0 Å². The summed E-state index contributed by atoms with van der Waals surface area (Å²) in [5, 5.41) is 12.8. The largest absolute Gasteiger partial charge is 0.396 e. The predicted octanol–water partition coefficient (Wildman–Crippen LogP) is 0.630. The summed E-state index contributed by atoms with van der Waals surface area (Å²) in [6, 6.07) is 0.219. The first-order valence-corrected chi connectivity index (χ1v) is 5.02. The number of aliphatic hydroxyl groups excluding tert-OH is 1. The maximum Gasteiger partial charge on any atom is 0.222 e.